The van der Waals surface area contributed by atoms with E-state index >= 15 is 0 Å². The van der Waals surface area contributed by atoms with E-state index in [2.05, 4.69) is 30.4 Å². The van der Waals surface area contributed by atoms with Gasteiger partial charge >= 0.3 is 0 Å². The molecule has 5 heteroatoms. The van der Waals surface area contributed by atoms with Crippen LogP contribution < -0.4 is 10.1 Å². The first kappa shape index (κ1) is 17.4. The first-order valence-electron chi connectivity index (χ1n) is 8.34. The van der Waals surface area contributed by atoms with E-state index in [1.54, 1.807) is 0 Å². The van der Waals surface area contributed by atoms with E-state index < -0.39 is 0 Å². The predicted octanol–water partition coefficient (Wildman–Crippen LogP) is 5.05. The molecular formula is C19H22ClNO2S. The highest BCUT2D eigenvalue weighted by Crippen LogP contribution is 2.27. The van der Waals surface area contributed by atoms with Gasteiger partial charge in [0.05, 0.1) is 6.61 Å². The van der Waals surface area contributed by atoms with Crippen LogP contribution in [-0.4, -0.2) is 23.1 Å². The summed E-state index contributed by atoms with van der Waals surface area (Å²) in [6.45, 7) is 2.73. The van der Waals surface area contributed by atoms with Crippen molar-refractivity contribution in [3.05, 3.63) is 52.6 Å². The molecule has 1 aromatic carbocycles. The molecule has 1 saturated heterocycles. The van der Waals surface area contributed by atoms with Gasteiger partial charge in [-0.15, -0.1) is 0 Å². The van der Waals surface area contributed by atoms with Crippen LogP contribution in [0.15, 0.2) is 47.0 Å². The van der Waals surface area contributed by atoms with Gasteiger partial charge in [-0.2, -0.15) is 0 Å². The topological polar surface area (TPSA) is 38.3 Å². The average Bonchev–Trinajstić information content (AvgIpc) is 2.87. The molecule has 0 bridgehead atoms. The Kier molecular flexibility index (Phi) is 5.90. The molecule has 128 valence electrons. The van der Waals surface area contributed by atoms with Crippen LogP contribution in [0.1, 0.15) is 31.7 Å². The van der Waals surface area contributed by atoms with Gasteiger partial charge in [0.1, 0.15) is 5.75 Å². The molecule has 2 aliphatic rings. The molecule has 1 heterocycles. The van der Waals surface area contributed by atoms with Crippen LogP contribution in [0.25, 0.3) is 0 Å². The smallest absolute Gasteiger partial charge is 0.279 e. The van der Waals surface area contributed by atoms with Crippen molar-refractivity contribution in [2.75, 3.05) is 6.61 Å². The highest BCUT2D eigenvalue weighted by molar-refractivity contribution is 8.14. The molecule has 1 aliphatic carbocycles. The molecule has 1 aliphatic heterocycles. The molecule has 3 nitrogen and oxygen atoms in total. The Morgan fingerprint density at radius 1 is 1.33 bits per heavy atom. The van der Waals surface area contributed by atoms with Gasteiger partial charge in [0.25, 0.3) is 5.24 Å². The number of halogens is 1. The lowest BCUT2D eigenvalue weighted by atomic mass is 10.0. The highest BCUT2D eigenvalue weighted by Gasteiger charge is 2.29. The molecule has 2 atom stereocenters. The lowest BCUT2D eigenvalue weighted by Crippen LogP contribution is -2.28. The lowest BCUT2D eigenvalue weighted by Gasteiger charge is -2.14. The lowest BCUT2D eigenvalue weighted by molar-refractivity contribution is 0.260. The molecule has 1 aromatic rings. The van der Waals surface area contributed by atoms with E-state index in [-0.39, 0.29) is 11.3 Å². The Balaban J connectivity index is 1.46. The van der Waals surface area contributed by atoms with Gasteiger partial charge in [0.15, 0.2) is 0 Å². The van der Waals surface area contributed by atoms with E-state index in [1.807, 2.05) is 18.2 Å². The number of nitrogens with one attached hydrogen (secondary N) is 1. The summed E-state index contributed by atoms with van der Waals surface area (Å²) in [5.41, 5.74) is 2.58. The molecule has 0 radical (unpaired) electrons. The third-order valence-corrected chi connectivity index (χ3v) is 5.83. The summed E-state index contributed by atoms with van der Waals surface area (Å²) in [6, 6.07) is 8.42. The summed E-state index contributed by atoms with van der Waals surface area (Å²) in [5.74, 6) is 0.887. The van der Waals surface area contributed by atoms with Crippen molar-refractivity contribution in [3.8, 4) is 5.75 Å². The van der Waals surface area contributed by atoms with E-state index in [0.29, 0.717) is 11.9 Å². The Labute approximate surface area is 152 Å². The van der Waals surface area contributed by atoms with Crippen LogP contribution in [0.5, 0.6) is 5.75 Å². The summed E-state index contributed by atoms with van der Waals surface area (Å²) in [6.07, 6.45) is 8.00. The van der Waals surface area contributed by atoms with Crippen molar-refractivity contribution >= 4 is 28.6 Å². The number of amides is 1. The van der Waals surface area contributed by atoms with Gasteiger partial charge in [-0.3, -0.25) is 4.79 Å². The third-order valence-electron chi connectivity index (χ3n) is 4.36. The Morgan fingerprint density at radius 3 is 2.79 bits per heavy atom. The van der Waals surface area contributed by atoms with Crippen LogP contribution in [0.4, 0.5) is 4.79 Å². The van der Waals surface area contributed by atoms with E-state index in [9.17, 15) is 4.79 Å². The molecule has 24 heavy (non-hydrogen) atoms. The monoisotopic (exact) mass is 363 g/mol. The molecule has 0 aromatic heterocycles. The van der Waals surface area contributed by atoms with Crippen molar-refractivity contribution in [3.63, 3.8) is 0 Å². The molecule has 2 unspecified atom stereocenters. The average molecular weight is 364 g/mol. The maximum Gasteiger partial charge on any atom is 0.279 e. The second kappa shape index (κ2) is 8.13. The number of carbonyl (C=O) groups is 1. The number of rotatable bonds is 6. The van der Waals surface area contributed by atoms with Crippen LogP contribution in [0.3, 0.4) is 0 Å². The Bertz CT molecular complexity index is 654. The van der Waals surface area contributed by atoms with Crippen molar-refractivity contribution in [1.29, 1.82) is 0 Å². The number of hydrogen-bond donors (Lipinski definition) is 1. The van der Waals surface area contributed by atoms with Crippen LogP contribution >= 0.6 is 23.4 Å². The maximum atomic E-state index is 11.4. The second-order valence-corrected chi connectivity index (χ2v) is 7.90. The fraction of sp³-hybridized carbons (Fsp3) is 0.421. The van der Waals surface area contributed by atoms with E-state index in [1.165, 1.54) is 22.9 Å². The van der Waals surface area contributed by atoms with Crippen molar-refractivity contribution < 1.29 is 9.53 Å². The molecule has 1 N–H and O–H groups in total. The Morgan fingerprint density at radius 2 is 2.12 bits per heavy atom. The van der Waals surface area contributed by atoms with Gasteiger partial charge < -0.3 is 10.1 Å². The van der Waals surface area contributed by atoms with Crippen LogP contribution in [-0.2, 0) is 6.42 Å². The summed E-state index contributed by atoms with van der Waals surface area (Å²) in [4.78, 5) is 11.4. The number of allylic oxidation sites excluding steroid dienone is 3. The fourth-order valence-corrected chi connectivity index (χ4v) is 4.28. The maximum absolute atomic E-state index is 11.4. The second-order valence-electron chi connectivity index (χ2n) is 6.25. The summed E-state index contributed by atoms with van der Waals surface area (Å²) < 4.78 is 5.83. The summed E-state index contributed by atoms with van der Waals surface area (Å²) >= 11 is 7.43. The molecule has 0 saturated carbocycles. The number of benzene rings is 1. The minimum absolute atomic E-state index is 0.0828. The summed E-state index contributed by atoms with van der Waals surface area (Å²) in [5, 5.41) is 4.17. The standard InChI is InChI=1S/C19H22ClNO2S/c1-13-18(24-19(22)21-13)12-15-5-7-17(8-6-15)23-10-9-14-3-2-4-16(20)11-14/h4-8,11,13,18H,2-3,9-10,12H2,1H3,(H,21,22). The van der Waals surface area contributed by atoms with Gasteiger partial charge in [0, 0.05) is 22.7 Å². The van der Waals surface area contributed by atoms with Gasteiger partial charge in [-0.1, -0.05) is 47.1 Å². The van der Waals surface area contributed by atoms with Crippen LogP contribution in [0, 0.1) is 0 Å². The molecular weight excluding hydrogens is 342 g/mol. The normalized spacial score (nSPS) is 23.5. The first-order valence-corrected chi connectivity index (χ1v) is 9.60. The third kappa shape index (κ3) is 4.81. The van der Waals surface area contributed by atoms with Crippen LogP contribution in [0.2, 0.25) is 0 Å². The minimum atomic E-state index is 0.0828. The van der Waals surface area contributed by atoms with Gasteiger partial charge in [-0.05, 0) is 50.0 Å². The zero-order chi connectivity index (χ0) is 16.9. The molecule has 0 spiro atoms. The van der Waals surface area contributed by atoms with Gasteiger partial charge in [0.2, 0.25) is 0 Å². The van der Waals surface area contributed by atoms with Crippen molar-refractivity contribution in [2.45, 2.75) is 43.9 Å². The summed E-state index contributed by atoms with van der Waals surface area (Å²) in [7, 11) is 0. The molecule has 3 rings (SSSR count). The predicted molar refractivity (Wildman–Crippen MR) is 101 cm³/mol. The number of thioether (sulfide) groups is 1. The minimum Gasteiger partial charge on any atom is -0.493 e. The fourth-order valence-electron chi connectivity index (χ4n) is 2.94. The number of ether oxygens (including phenoxy) is 1. The quantitative estimate of drug-likeness (QED) is 0.768. The number of carbonyl (C=O) groups excluding carboxylic acids is 1. The highest BCUT2D eigenvalue weighted by atomic mass is 35.5. The van der Waals surface area contributed by atoms with E-state index in [4.69, 9.17) is 16.3 Å². The zero-order valence-corrected chi connectivity index (χ0v) is 15.3. The van der Waals surface area contributed by atoms with Crippen molar-refractivity contribution in [2.24, 2.45) is 0 Å². The van der Waals surface area contributed by atoms with Gasteiger partial charge in [-0.25, -0.2) is 0 Å². The van der Waals surface area contributed by atoms with Crippen molar-refractivity contribution in [1.82, 2.24) is 5.32 Å². The largest absolute Gasteiger partial charge is 0.493 e. The first-order chi connectivity index (χ1) is 11.6. The van der Waals surface area contributed by atoms with E-state index in [0.717, 1.165) is 36.5 Å². The molecule has 1 fully saturated rings. The number of hydrogen-bond acceptors (Lipinski definition) is 3. The molecule has 1 amide bonds. The Hall–Kier alpha value is -1.39. The SMILES string of the molecule is CC1NC(=O)SC1Cc1ccc(OCCC2=CC(Cl)=CCC2)cc1. The zero-order valence-electron chi connectivity index (χ0n) is 13.8.